The Labute approximate surface area is 165 Å². The Morgan fingerprint density at radius 2 is 2.11 bits per heavy atom. The van der Waals surface area contributed by atoms with Gasteiger partial charge in [-0.25, -0.2) is 4.98 Å². The van der Waals surface area contributed by atoms with Crippen molar-refractivity contribution >= 4 is 34.2 Å². The van der Waals surface area contributed by atoms with Gasteiger partial charge in [-0.1, -0.05) is 22.8 Å². The maximum Gasteiger partial charge on any atom is 0.232 e. The molecule has 1 amide bonds. The molecule has 1 saturated heterocycles. The lowest BCUT2D eigenvalue weighted by molar-refractivity contribution is -0.117. The van der Waals surface area contributed by atoms with Gasteiger partial charge < -0.3 is 14.0 Å². The molecular weight excluding hydrogens is 378 g/mol. The number of carbonyl (C=O) groups is 1. The van der Waals surface area contributed by atoms with E-state index in [1.807, 2.05) is 41.9 Å². The Morgan fingerprint density at radius 3 is 2.96 bits per heavy atom. The number of hydrogen-bond acceptors (Lipinski definition) is 5. The molecule has 0 spiro atoms. The summed E-state index contributed by atoms with van der Waals surface area (Å²) >= 11 is 6.05. The summed E-state index contributed by atoms with van der Waals surface area (Å²) in [6, 6.07) is 13.1. The van der Waals surface area contributed by atoms with E-state index in [0.717, 1.165) is 22.3 Å². The van der Waals surface area contributed by atoms with Crippen LogP contribution in [0, 0.1) is 0 Å². The molecule has 1 aliphatic heterocycles. The number of aryl methyl sites for hydroxylation is 1. The fourth-order valence-corrected chi connectivity index (χ4v) is 3.74. The van der Waals surface area contributed by atoms with Gasteiger partial charge in [0, 0.05) is 36.3 Å². The lowest BCUT2D eigenvalue weighted by atomic mass is 10.1. The SMILES string of the molecule is Cn1cnc2cc(-c3noc(C4CC(=O)N(c5cccc(Cl)c5)C4)n3)ccc21. The number of carbonyl (C=O) groups excluding carboxylic acids is 1. The van der Waals surface area contributed by atoms with E-state index in [4.69, 9.17) is 16.1 Å². The molecule has 1 unspecified atom stereocenters. The summed E-state index contributed by atoms with van der Waals surface area (Å²) in [6.07, 6.45) is 2.10. The molecule has 0 radical (unpaired) electrons. The molecule has 7 nitrogen and oxygen atoms in total. The van der Waals surface area contributed by atoms with Crippen LogP contribution in [0.4, 0.5) is 5.69 Å². The van der Waals surface area contributed by atoms with E-state index in [-0.39, 0.29) is 11.8 Å². The lowest BCUT2D eigenvalue weighted by Gasteiger charge is -2.16. The minimum absolute atomic E-state index is 0.0157. The minimum Gasteiger partial charge on any atom is -0.339 e. The number of amides is 1. The molecule has 4 aromatic rings. The van der Waals surface area contributed by atoms with E-state index in [1.54, 1.807) is 23.4 Å². The zero-order chi connectivity index (χ0) is 19.3. The summed E-state index contributed by atoms with van der Waals surface area (Å²) in [5.74, 6) is 0.832. The van der Waals surface area contributed by atoms with Crippen LogP contribution in [0.25, 0.3) is 22.4 Å². The molecule has 28 heavy (non-hydrogen) atoms. The predicted octanol–water partition coefficient (Wildman–Crippen LogP) is 3.80. The molecule has 140 valence electrons. The second-order valence-electron chi connectivity index (χ2n) is 6.90. The number of benzene rings is 2. The number of imidazole rings is 1. The van der Waals surface area contributed by atoms with Crippen molar-refractivity contribution in [2.24, 2.45) is 7.05 Å². The maximum absolute atomic E-state index is 12.5. The third-order valence-electron chi connectivity index (χ3n) is 5.02. The molecule has 0 aliphatic carbocycles. The highest BCUT2D eigenvalue weighted by Crippen LogP contribution is 2.33. The van der Waals surface area contributed by atoms with Gasteiger partial charge in [0.1, 0.15) is 0 Å². The fraction of sp³-hybridized carbons (Fsp3) is 0.200. The van der Waals surface area contributed by atoms with Gasteiger partial charge in [-0.05, 0) is 36.4 Å². The summed E-state index contributed by atoms with van der Waals surface area (Å²) in [6.45, 7) is 0.486. The molecule has 2 aromatic heterocycles. The normalized spacial score (nSPS) is 17.0. The first-order chi connectivity index (χ1) is 13.6. The van der Waals surface area contributed by atoms with E-state index >= 15 is 0 Å². The highest BCUT2D eigenvalue weighted by atomic mass is 35.5. The number of nitrogens with zero attached hydrogens (tertiary/aromatic N) is 5. The highest BCUT2D eigenvalue weighted by Gasteiger charge is 2.35. The predicted molar refractivity (Wildman–Crippen MR) is 105 cm³/mol. The van der Waals surface area contributed by atoms with Crippen molar-refractivity contribution in [3.63, 3.8) is 0 Å². The Kier molecular flexibility index (Phi) is 3.91. The Hall–Kier alpha value is -3.19. The molecule has 1 fully saturated rings. The van der Waals surface area contributed by atoms with Crippen LogP contribution in [0.5, 0.6) is 0 Å². The first-order valence-corrected chi connectivity index (χ1v) is 9.27. The Balaban J connectivity index is 1.40. The van der Waals surface area contributed by atoms with Crippen LogP contribution in [0.15, 0.2) is 53.3 Å². The van der Waals surface area contributed by atoms with Crippen molar-refractivity contribution in [3.05, 3.63) is 59.7 Å². The molecular formula is C20H16ClN5O2. The quantitative estimate of drug-likeness (QED) is 0.529. The van der Waals surface area contributed by atoms with E-state index in [2.05, 4.69) is 15.1 Å². The van der Waals surface area contributed by atoms with Crippen molar-refractivity contribution in [1.82, 2.24) is 19.7 Å². The molecule has 0 N–H and O–H groups in total. The van der Waals surface area contributed by atoms with Gasteiger partial charge in [-0.3, -0.25) is 4.79 Å². The fourth-order valence-electron chi connectivity index (χ4n) is 3.56. The molecule has 0 saturated carbocycles. The van der Waals surface area contributed by atoms with Crippen molar-refractivity contribution in [2.75, 3.05) is 11.4 Å². The summed E-state index contributed by atoms with van der Waals surface area (Å²) in [5.41, 5.74) is 3.51. The van der Waals surface area contributed by atoms with Gasteiger partial charge in [0.05, 0.1) is 23.3 Å². The average molecular weight is 394 g/mol. The van der Waals surface area contributed by atoms with Crippen LogP contribution in [-0.4, -0.2) is 32.1 Å². The minimum atomic E-state index is -0.147. The average Bonchev–Trinajstić information content (AvgIpc) is 3.40. The lowest BCUT2D eigenvalue weighted by Crippen LogP contribution is -2.24. The van der Waals surface area contributed by atoms with Crippen LogP contribution in [0.1, 0.15) is 18.2 Å². The molecule has 3 heterocycles. The number of anilines is 1. The number of fused-ring (bicyclic) bond motifs is 1. The monoisotopic (exact) mass is 393 g/mol. The maximum atomic E-state index is 12.5. The first kappa shape index (κ1) is 16.9. The van der Waals surface area contributed by atoms with E-state index in [1.165, 1.54) is 0 Å². The van der Waals surface area contributed by atoms with Crippen LogP contribution < -0.4 is 4.90 Å². The summed E-state index contributed by atoms with van der Waals surface area (Å²) in [5, 5.41) is 4.71. The van der Waals surface area contributed by atoms with Crippen molar-refractivity contribution in [3.8, 4) is 11.4 Å². The van der Waals surface area contributed by atoms with E-state index in [0.29, 0.717) is 29.7 Å². The van der Waals surface area contributed by atoms with Crippen molar-refractivity contribution < 1.29 is 9.32 Å². The highest BCUT2D eigenvalue weighted by molar-refractivity contribution is 6.30. The van der Waals surface area contributed by atoms with Gasteiger partial charge in [-0.15, -0.1) is 0 Å². The smallest absolute Gasteiger partial charge is 0.232 e. The van der Waals surface area contributed by atoms with Gasteiger partial charge in [0.25, 0.3) is 0 Å². The summed E-state index contributed by atoms with van der Waals surface area (Å²) < 4.78 is 7.44. The first-order valence-electron chi connectivity index (χ1n) is 8.89. The van der Waals surface area contributed by atoms with Crippen molar-refractivity contribution in [1.29, 1.82) is 0 Å². The van der Waals surface area contributed by atoms with E-state index < -0.39 is 0 Å². The molecule has 2 aromatic carbocycles. The van der Waals surface area contributed by atoms with Gasteiger partial charge in [0.2, 0.25) is 17.6 Å². The largest absolute Gasteiger partial charge is 0.339 e. The number of halogens is 1. The molecule has 5 rings (SSSR count). The summed E-state index contributed by atoms with van der Waals surface area (Å²) in [7, 11) is 1.95. The second kappa shape index (κ2) is 6.45. The van der Waals surface area contributed by atoms with Crippen molar-refractivity contribution in [2.45, 2.75) is 12.3 Å². The topological polar surface area (TPSA) is 77.0 Å². The van der Waals surface area contributed by atoms with Crippen LogP contribution in [0.3, 0.4) is 0 Å². The Morgan fingerprint density at radius 1 is 1.21 bits per heavy atom. The molecule has 8 heteroatoms. The summed E-state index contributed by atoms with van der Waals surface area (Å²) in [4.78, 5) is 23.1. The van der Waals surface area contributed by atoms with Crippen LogP contribution in [-0.2, 0) is 11.8 Å². The number of rotatable bonds is 3. The third-order valence-corrected chi connectivity index (χ3v) is 5.25. The number of hydrogen-bond donors (Lipinski definition) is 0. The molecule has 1 atom stereocenters. The third kappa shape index (κ3) is 2.84. The van der Waals surface area contributed by atoms with E-state index in [9.17, 15) is 4.79 Å². The van der Waals surface area contributed by atoms with Gasteiger partial charge >= 0.3 is 0 Å². The zero-order valence-electron chi connectivity index (χ0n) is 15.0. The number of aromatic nitrogens is 4. The van der Waals surface area contributed by atoms with Gasteiger partial charge in [0.15, 0.2) is 0 Å². The molecule has 1 aliphatic rings. The van der Waals surface area contributed by atoms with Crippen LogP contribution in [0.2, 0.25) is 5.02 Å². The Bertz CT molecular complexity index is 1200. The zero-order valence-corrected chi connectivity index (χ0v) is 15.8. The van der Waals surface area contributed by atoms with Crippen LogP contribution >= 0.6 is 11.6 Å². The molecule has 0 bridgehead atoms. The standard InChI is InChI=1S/C20H16ClN5O2/c1-25-11-22-16-7-12(5-6-17(16)25)19-23-20(28-24-19)13-8-18(27)26(10-13)15-4-2-3-14(21)9-15/h2-7,9,11,13H,8,10H2,1H3. The second-order valence-corrected chi connectivity index (χ2v) is 7.34. The van der Waals surface area contributed by atoms with Gasteiger partial charge in [-0.2, -0.15) is 4.98 Å².